The predicted molar refractivity (Wildman–Crippen MR) is 121 cm³/mol. The lowest BCUT2D eigenvalue weighted by atomic mass is 10.0. The van der Waals surface area contributed by atoms with Gasteiger partial charge in [-0.3, -0.25) is 14.7 Å². The van der Waals surface area contributed by atoms with E-state index in [-0.39, 0.29) is 11.4 Å². The number of para-hydroxylation sites is 1. The highest BCUT2D eigenvalue weighted by atomic mass is 19.1. The van der Waals surface area contributed by atoms with Gasteiger partial charge < -0.3 is 15.4 Å². The summed E-state index contributed by atoms with van der Waals surface area (Å²) in [7, 11) is 1.52. The lowest BCUT2D eigenvalue weighted by Crippen LogP contribution is -2.17. The number of hydrogen-bond donors (Lipinski definition) is 3. The van der Waals surface area contributed by atoms with Gasteiger partial charge in [-0.15, -0.1) is 0 Å². The maximum Gasteiger partial charge on any atom is 0.258 e. The van der Waals surface area contributed by atoms with Crippen LogP contribution in [0.2, 0.25) is 0 Å². The molecule has 2 amide bonds. The second-order valence-corrected chi connectivity index (χ2v) is 6.87. The van der Waals surface area contributed by atoms with Gasteiger partial charge in [-0.25, -0.2) is 4.39 Å². The van der Waals surface area contributed by atoms with Crippen molar-refractivity contribution in [2.45, 2.75) is 0 Å². The topological polar surface area (TPSA) is 96.1 Å². The summed E-state index contributed by atoms with van der Waals surface area (Å²) in [6.07, 6.45) is 1.12. The number of aromatic amines is 1. The van der Waals surface area contributed by atoms with E-state index in [2.05, 4.69) is 27.4 Å². The fraction of sp³-hybridized carbons (Fsp3) is 0.0417. The Morgan fingerprint density at radius 2 is 1.91 bits per heavy atom. The van der Waals surface area contributed by atoms with Crippen molar-refractivity contribution >= 4 is 34.2 Å². The molecule has 7 nitrogen and oxygen atoms in total. The van der Waals surface area contributed by atoms with E-state index in [1.807, 2.05) is 0 Å². The number of H-pyrrole nitrogens is 1. The Morgan fingerprint density at radius 3 is 2.69 bits per heavy atom. The summed E-state index contributed by atoms with van der Waals surface area (Å²) in [5, 5.41) is 13.0. The van der Waals surface area contributed by atoms with Crippen molar-refractivity contribution in [3.8, 4) is 16.9 Å². The third-order valence-electron chi connectivity index (χ3n) is 4.89. The number of ether oxygens (including phenoxy) is 1. The van der Waals surface area contributed by atoms with E-state index >= 15 is 0 Å². The number of carbonyl (C=O) groups is 2. The Kier molecular flexibility index (Phi) is 5.67. The molecule has 0 unspecified atom stereocenters. The predicted octanol–water partition coefficient (Wildman–Crippen LogP) is 4.75. The molecule has 0 saturated carbocycles. The summed E-state index contributed by atoms with van der Waals surface area (Å²) in [4.78, 5) is 24.5. The molecule has 0 radical (unpaired) electrons. The van der Waals surface area contributed by atoms with Gasteiger partial charge in [0.1, 0.15) is 11.6 Å². The van der Waals surface area contributed by atoms with Gasteiger partial charge in [0.2, 0.25) is 5.91 Å². The van der Waals surface area contributed by atoms with E-state index in [4.69, 9.17) is 4.74 Å². The molecule has 1 heterocycles. The number of benzene rings is 3. The van der Waals surface area contributed by atoms with Crippen LogP contribution in [0.15, 0.2) is 73.3 Å². The van der Waals surface area contributed by atoms with Crippen molar-refractivity contribution in [1.29, 1.82) is 0 Å². The zero-order valence-corrected chi connectivity index (χ0v) is 17.1. The van der Waals surface area contributed by atoms with Crippen molar-refractivity contribution in [2.75, 3.05) is 17.7 Å². The third kappa shape index (κ3) is 4.06. The first-order valence-electron chi connectivity index (χ1n) is 9.66. The van der Waals surface area contributed by atoms with Gasteiger partial charge in [-0.05, 0) is 54.1 Å². The Morgan fingerprint density at radius 1 is 1.09 bits per heavy atom. The minimum atomic E-state index is -0.443. The van der Waals surface area contributed by atoms with E-state index in [1.54, 1.807) is 54.6 Å². The fourth-order valence-electron chi connectivity index (χ4n) is 3.28. The van der Waals surface area contributed by atoms with Gasteiger partial charge in [-0.1, -0.05) is 24.8 Å². The lowest BCUT2D eigenvalue weighted by molar-refractivity contribution is -0.111. The average molecular weight is 430 g/mol. The van der Waals surface area contributed by atoms with Crippen LogP contribution in [-0.2, 0) is 4.79 Å². The third-order valence-corrected chi connectivity index (χ3v) is 4.89. The lowest BCUT2D eigenvalue weighted by Gasteiger charge is -2.09. The number of nitrogens with one attached hydrogen (secondary N) is 3. The molecule has 0 saturated heterocycles. The average Bonchev–Trinajstić information content (AvgIpc) is 3.21. The molecule has 4 aromatic rings. The van der Waals surface area contributed by atoms with Crippen LogP contribution < -0.4 is 15.4 Å². The van der Waals surface area contributed by atoms with E-state index in [0.29, 0.717) is 39.3 Å². The number of rotatable bonds is 6. The smallest absolute Gasteiger partial charge is 0.258 e. The number of methoxy groups -OCH3 is 1. The first kappa shape index (κ1) is 20.8. The van der Waals surface area contributed by atoms with Crippen molar-refractivity contribution in [3.05, 3.63) is 84.7 Å². The number of carbonyl (C=O) groups excluding carboxylic acids is 2. The zero-order valence-electron chi connectivity index (χ0n) is 17.1. The normalized spacial score (nSPS) is 10.6. The molecule has 3 aromatic carbocycles. The van der Waals surface area contributed by atoms with Crippen LogP contribution in [0.1, 0.15) is 10.4 Å². The highest BCUT2D eigenvalue weighted by molar-refractivity contribution is 6.13. The Bertz CT molecular complexity index is 1350. The van der Waals surface area contributed by atoms with Crippen LogP contribution in [-0.4, -0.2) is 29.1 Å². The molecular formula is C24H19FN4O3. The number of amides is 2. The molecule has 0 atom stereocenters. The maximum absolute atomic E-state index is 14.3. The maximum atomic E-state index is 14.3. The van der Waals surface area contributed by atoms with Crippen LogP contribution in [0.25, 0.3) is 22.0 Å². The van der Waals surface area contributed by atoms with Gasteiger partial charge in [0.25, 0.3) is 5.91 Å². The number of anilines is 2. The highest BCUT2D eigenvalue weighted by Gasteiger charge is 2.16. The highest BCUT2D eigenvalue weighted by Crippen LogP contribution is 2.31. The number of fused-ring (bicyclic) bond motifs is 1. The molecule has 8 heteroatoms. The van der Waals surface area contributed by atoms with Crippen molar-refractivity contribution in [2.24, 2.45) is 0 Å². The summed E-state index contributed by atoms with van der Waals surface area (Å²) in [6.45, 7) is 3.41. The van der Waals surface area contributed by atoms with Gasteiger partial charge >= 0.3 is 0 Å². The van der Waals surface area contributed by atoms with Gasteiger partial charge in [0.05, 0.1) is 23.9 Å². The zero-order chi connectivity index (χ0) is 22.7. The molecule has 4 rings (SSSR count). The SMILES string of the molecule is C=CC(=O)Nc1ccccc1C(=O)Nc1n[nH]c2cc(-c3cc(OC)ccc3F)ccc12. The summed E-state index contributed by atoms with van der Waals surface area (Å²) in [5.74, 6) is -0.390. The number of halogens is 1. The summed E-state index contributed by atoms with van der Waals surface area (Å²) in [5.41, 5.74) is 2.26. The van der Waals surface area contributed by atoms with Crippen LogP contribution >= 0.6 is 0 Å². The number of aromatic nitrogens is 2. The Balaban J connectivity index is 1.63. The van der Waals surface area contributed by atoms with Gasteiger partial charge in [0.15, 0.2) is 5.82 Å². The Labute approximate surface area is 182 Å². The van der Waals surface area contributed by atoms with Crippen LogP contribution in [0.4, 0.5) is 15.9 Å². The Hall–Kier alpha value is -4.46. The first-order valence-corrected chi connectivity index (χ1v) is 9.66. The summed E-state index contributed by atoms with van der Waals surface area (Å²) in [6, 6.07) is 16.3. The molecule has 160 valence electrons. The summed E-state index contributed by atoms with van der Waals surface area (Å²) < 4.78 is 19.5. The quantitative estimate of drug-likeness (QED) is 0.385. The van der Waals surface area contributed by atoms with Crippen LogP contribution in [0.5, 0.6) is 5.75 Å². The van der Waals surface area contributed by atoms with Gasteiger partial charge in [-0.2, -0.15) is 5.10 Å². The van der Waals surface area contributed by atoms with Crippen LogP contribution in [0, 0.1) is 5.82 Å². The molecule has 0 aliphatic carbocycles. The van der Waals surface area contributed by atoms with E-state index < -0.39 is 11.8 Å². The molecule has 32 heavy (non-hydrogen) atoms. The molecule has 0 aliphatic heterocycles. The second-order valence-electron chi connectivity index (χ2n) is 6.87. The first-order chi connectivity index (χ1) is 15.5. The molecular weight excluding hydrogens is 411 g/mol. The van der Waals surface area contributed by atoms with E-state index in [0.717, 1.165) is 6.08 Å². The number of hydrogen-bond acceptors (Lipinski definition) is 4. The van der Waals surface area contributed by atoms with Gasteiger partial charge in [0, 0.05) is 10.9 Å². The minimum Gasteiger partial charge on any atom is -0.497 e. The molecule has 0 bridgehead atoms. The minimum absolute atomic E-state index is 0.272. The largest absolute Gasteiger partial charge is 0.497 e. The fourth-order valence-corrected chi connectivity index (χ4v) is 3.28. The standard InChI is InChI=1S/C24H19FN4O3/c1-3-22(30)26-20-7-5-4-6-17(20)24(31)27-23-16-10-8-14(12-21(16)28-29-23)18-13-15(32-2)9-11-19(18)25/h3-13H,1H2,2H3,(H,26,30)(H2,27,28,29,31). The molecule has 0 aliphatic rings. The van der Waals surface area contributed by atoms with E-state index in [1.165, 1.54) is 13.2 Å². The van der Waals surface area contributed by atoms with Crippen molar-refractivity contribution in [3.63, 3.8) is 0 Å². The van der Waals surface area contributed by atoms with Crippen LogP contribution in [0.3, 0.4) is 0 Å². The van der Waals surface area contributed by atoms with E-state index in [9.17, 15) is 14.0 Å². The summed E-state index contributed by atoms with van der Waals surface area (Å²) >= 11 is 0. The number of nitrogens with zero attached hydrogens (tertiary/aromatic N) is 1. The monoisotopic (exact) mass is 430 g/mol. The molecule has 3 N–H and O–H groups in total. The van der Waals surface area contributed by atoms with Crippen molar-refractivity contribution in [1.82, 2.24) is 10.2 Å². The second kappa shape index (κ2) is 8.73. The molecule has 0 spiro atoms. The molecule has 0 fully saturated rings. The molecule has 1 aromatic heterocycles. The van der Waals surface area contributed by atoms with Crippen molar-refractivity contribution < 1.29 is 18.7 Å².